The summed E-state index contributed by atoms with van der Waals surface area (Å²) in [7, 11) is 0. The molecule has 0 aliphatic carbocycles. The van der Waals surface area contributed by atoms with Gasteiger partial charge in [0.1, 0.15) is 6.54 Å². The van der Waals surface area contributed by atoms with Crippen molar-refractivity contribution >= 4 is 11.9 Å². The van der Waals surface area contributed by atoms with Crippen LogP contribution in [0.3, 0.4) is 0 Å². The van der Waals surface area contributed by atoms with Crippen molar-refractivity contribution in [1.29, 1.82) is 0 Å². The molecule has 0 saturated heterocycles. The Morgan fingerprint density at radius 3 is 2.83 bits per heavy atom. The van der Waals surface area contributed by atoms with Crippen molar-refractivity contribution in [2.24, 2.45) is 0 Å². The minimum absolute atomic E-state index is 0.0960. The number of aromatic nitrogens is 1. The van der Waals surface area contributed by atoms with Gasteiger partial charge in [0.25, 0.3) is 5.91 Å². The molecule has 1 aromatic rings. The van der Waals surface area contributed by atoms with E-state index in [9.17, 15) is 9.59 Å². The zero-order valence-corrected chi connectivity index (χ0v) is 10.5. The summed E-state index contributed by atoms with van der Waals surface area (Å²) >= 11 is 0. The average molecular weight is 252 g/mol. The van der Waals surface area contributed by atoms with Crippen LogP contribution in [-0.4, -0.2) is 41.6 Å². The zero-order valence-electron chi connectivity index (χ0n) is 10.5. The molecule has 1 heterocycles. The minimum Gasteiger partial charge on any atom is -0.465 e. The molecule has 18 heavy (non-hydrogen) atoms. The number of aryl methyl sites for hydroxylation is 1. The van der Waals surface area contributed by atoms with Gasteiger partial charge in [-0.1, -0.05) is 11.2 Å². The molecule has 1 rings (SSSR count). The van der Waals surface area contributed by atoms with E-state index in [0.717, 1.165) is 0 Å². The van der Waals surface area contributed by atoms with E-state index in [2.05, 4.69) is 11.7 Å². The Morgan fingerprint density at radius 1 is 1.61 bits per heavy atom. The van der Waals surface area contributed by atoms with Crippen LogP contribution in [0.4, 0.5) is 0 Å². The van der Waals surface area contributed by atoms with E-state index in [1.54, 1.807) is 13.8 Å². The lowest BCUT2D eigenvalue weighted by Crippen LogP contribution is -2.36. The molecule has 98 valence electrons. The molecule has 6 heteroatoms. The first kappa shape index (κ1) is 14.0. The van der Waals surface area contributed by atoms with Crippen LogP contribution in [0.1, 0.15) is 23.2 Å². The summed E-state index contributed by atoms with van der Waals surface area (Å²) < 4.78 is 9.66. The van der Waals surface area contributed by atoms with E-state index < -0.39 is 11.9 Å². The molecule has 1 aromatic heterocycles. The third-order valence-electron chi connectivity index (χ3n) is 2.10. The van der Waals surface area contributed by atoms with Crippen LogP contribution in [0.5, 0.6) is 0 Å². The Labute approximate surface area is 105 Å². The van der Waals surface area contributed by atoms with E-state index in [1.807, 2.05) is 0 Å². The summed E-state index contributed by atoms with van der Waals surface area (Å²) in [6, 6.07) is 1.52. The average Bonchev–Trinajstić information content (AvgIpc) is 2.75. The summed E-state index contributed by atoms with van der Waals surface area (Å²) in [4.78, 5) is 24.7. The second-order valence-corrected chi connectivity index (χ2v) is 3.61. The standard InChI is InChI=1S/C12H16N2O4/c1-4-6-14(8-11(15)17-5-2)12(16)10-7-9(3)13-18-10/h4,7H,1,5-6,8H2,2-3H3. The molecule has 0 N–H and O–H groups in total. The molecule has 6 nitrogen and oxygen atoms in total. The number of hydrogen-bond acceptors (Lipinski definition) is 5. The summed E-state index contributed by atoms with van der Waals surface area (Å²) in [6.07, 6.45) is 1.53. The van der Waals surface area contributed by atoms with E-state index in [4.69, 9.17) is 9.26 Å². The molecule has 0 saturated carbocycles. The van der Waals surface area contributed by atoms with Gasteiger partial charge in [0.05, 0.1) is 12.3 Å². The zero-order chi connectivity index (χ0) is 13.5. The van der Waals surface area contributed by atoms with Crippen molar-refractivity contribution in [3.63, 3.8) is 0 Å². The number of carbonyl (C=O) groups is 2. The Hall–Kier alpha value is -2.11. The van der Waals surface area contributed by atoms with Gasteiger partial charge in [-0.25, -0.2) is 0 Å². The maximum absolute atomic E-state index is 12.0. The molecule has 0 fully saturated rings. The van der Waals surface area contributed by atoms with Crippen molar-refractivity contribution < 1.29 is 18.8 Å². The maximum Gasteiger partial charge on any atom is 0.325 e. The van der Waals surface area contributed by atoms with Gasteiger partial charge in [-0.2, -0.15) is 0 Å². The van der Waals surface area contributed by atoms with Crippen molar-refractivity contribution in [1.82, 2.24) is 10.1 Å². The Morgan fingerprint density at radius 2 is 2.33 bits per heavy atom. The second-order valence-electron chi connectivity index (χ2n) is 3.61. The number of esters is 1. The third kappa shape index (κ3) is 3.73. The van der Waals surface area contributed by atoms with E-state index in [-0.39, 0.29) is 25.5 Å². The fourth-order valence-corrected chi connectivity index (χ4v) is 1.36. The number of rotatable bonds is 6. The molecular weight excluding hydrogens is 236 g/mol. The summed E-state index contributed by atoms with van der Waals surface area (Å²) in [5, 5.41) is 3.63. The van der Waals surface area contributed by atoms with Gasteiger partial charge >= 0.3 is 5.97 Å². The molecule has 0 aromatic carbocycles. The summed E-state index contributed by atoms with van der Waals surface area (Å²) in [5.74, 6) is -0.786. The highest BCUT2D eigenvalue weighted by Crippen LogP contribution is 2.07. The number of carbonyl (C=O) groups excluding carboxylic acids is 2. The van der Waals surface area contributed by atoms with Gasteiger partial charge in [0.15, 0.2) is 0 Å². The van der Waals surface area contributed by atoms with E-state index in [0.29, 0.717) is 5.69 Å². The van der Waals surface area contributed by atoms with Gasteiger partial charge in [-0.15, -0.1) is 6.58 Å². The lowest BCUT2D eigenvalue weighted by atomic mass is 10.3. The molecule has 0 radical (unpaired) electrons. The number of amides is 1. The molecule has 0 atom stereocenters. The van der Waals surface area contributed by atoms with Crippen molar-refractivity contribution in [2.45, 2.75) is 13.8 Å². The fourth-order valence-electron chi connectivity index (χ4n) is 1.36. The number of nitrogens with zero attached hydrogens (tertiary/aromatic N) is 2. The van der Waals surface area contributed by atoms with E-state index in [1.165, 1.54) is 17.0 Å². The van der Waals surface area contributed by atoms with Crippen molar-refractivity contribution in [3.05, 3.63) is 30.2 Å². The first-order valence-electron chi connectivity index (χ1n) is 5.57. The van der Waals surface area contributed by atoms with Gasteiger partial charge in [-0.05, 0) is 13.8 Å². The third-order valence-corrected chi connectivity index (χ3v) is 2.10. The lowest BCUT2D eigenvalue weighted by Gasteiger charge is -2.18. The van der Waals surface area contributed by atoms with E-state index >= 15 is 0 Å². The molecule has 0 unspecified atom stereocenters. The normalized spacial score (nSPS) is 9.89. The van der Waals surface area contributed by atoms with Crippen molar-refractivity contribution in [2.75, 3.05) is 19.7 Å². The van der Waals surface area contributed by atoms with Gasteiger partial charge in [0, 0.05) is 12.6 Å². The largest absolute Gasteiger partial charge is 0.465 e. The van der Waals surface area contributed by atoms with Crippen LogP contribution in [-0.2, 0) is 9.53 Å². The second kappa shape index (κ2) is 6.58. The highest BCUT2D eigenvalue weighted by Gasteiger charge is 2.21. The topological polar surface area (TPSA) is 72.6 Å². The number of hydrogen-bond donors (Lipinski definition) is 0. The SMILES string of the molecule is C=CCN(CC(=O)OCC)C(=O)c1cc(C)no1. The van der Waals surface area contributed by atoms with Crippen molar-refractivity contribution in [3.8, 4) is 0 Å². The number of ether oxygens (including phenoxy) is 1. The maximum atomic E-state index is 12.0. The monoisotopic (exact) mass is 252 g/mol. The minimum atomic E-state index is -0.469. The molecule has 0 bridgehead atoms. The summed E-state index contributed by atoms with van der Waals surface area (Å²) in [6.45, 7) is 7.33. The highest BCUT2D eigenvalue weighted by atomic mass is 16.5. The van der Waals surface area contributed by atoms with Crippen LogP contribution < -0.4 is 0 Å². The van der Waals surface area contributed by atoms with Crippen LogP contribution in [0.25, 0.3) is 0 Å². The smallest absolute Gasteiger partial charge is 0.325 e. The first-order valence-corrected chi connectivity index (χ1v) is 5.57. The van der Waals surface area contributed by atoms with Gasteiger partial charge < -0.3 is 14.2 Å². The first-order chi connectivity index (χ1) is 8.58. The molecule has 1 amide bonds. The quantitative estimate of drug-likeness (QED) is 0.561. The van der Waals surface area contributed by atoms with Crippen LogP contribution >= 0.6 is 0 Å². The predicted molar refractivity (Wildman–Crippen MR) is 64.0 cm³/mol. The lowest BCUT2D eigenvalue weighted by molar-refractivity contribution is -0.143. The predicted octanol–water partition coefficient (Wildman–Crippen LogP) is 1.17. The summed E-state index contributed by atoms with van der Waals surface area (Å²) in [5.41, 5.74) is 0.605. The van der Waals surface area contributed by atoms with Crippen LogP contribution in [0.15, 0.2) is 23.2 Å². The highest BCUT2D eigenvalue weighted by molar-refractivity contribution is 5.93. The molecule has 0 spiro atoms. The Balaban J connectivity index is 2.74. The van der Waals surface area contributed by atoms with Crippen LogP contribution in [0.2, 0.25) is 0 Å². The molecular formula is C12H16N2O4. The Bertz CT molecular complexity index is 439. The Kier molecular flexibility index (Phi) is 5.10. The van der Waals surface area contributed by atoms with Gasteiger partial charge in [0.2, 0.25) is 5.76 Å². The molecule has 0 aliphatic heterocycles. The fraction of sp³-hybridized carbons (Fsp3) is 0.417. The van der Waals surface area contributed by atoms with Gasteiger partial charge in [-0.3, -0.25) is 9.59 Å². The van der Waals surface area contributed by atoms with Crippen LogP contribution in [0, 0.1) is 6.92 Å². The molecule has 0 aliphatic rings.